The Morgan fingerprint density at radius 2 is 2.42 bits per heavy atom. The van der Waals surface area contributed by atoms with Crippen LogP contribution in [0.3, 0.4) is 0 Å². The van der Waals surface area contributed by atoms with E-state index in [0.717, 1.165) is 16.4 Å². The molecule has 0 fully saturated rings. The van der Waals surface area contributed by atoms with Gasteiger partial charge < -0.3 is 0 Å². The zero-order chi connectivity index (χ0) is 9.26. The van der Waals surface area contributed by atoms with Crippen molar-refractivity contribution in [2.45, 2.75) is 6.92 Å². The molecule has 0 aliphatic rings. The molecule has 0 amide bonds. The van der Waals surface area contributed by atoms with E-state index in [9.17, 15) is 0 Å². The van der Waals surface area contributed by atoms with E-state index >= 15 is 0 Å². The molecule has 0 N–H and O–H groups in total. The zero-order valence-electron chi connectivity index (χ0n) is 7.61. The molecule has 0 aliphatic carbocycles. The predicted octanol–water partition coefficient (Wildman–Crippen LogP) is 2.51. The Balaban J connectivity index is 2.48. The van der Waals surface area contributed by atoms with Gasteiger partial charge in [-0.15, -0.1) is 11.3 Å². The van der Waals surface area contributed by atoms with Gasteiger partial charge in [0.2, 0.25) is 0 Å². The monoisotopic (exact) mass is 177 g/mol. The largest absolute Gasteiger partial charge is 0.254 e. The van der Waals surface area contributed by atoms with Crippen molar-refractivity contribution in [1.82, 2.24) is 9.97 Å². The van der Waals surface area contributed by atoms with Crippen molar-refractivity contribution in [3.63, 3.8) is 0 Å². The van der Waals surface area contributed by atoms with E-state index < -0.39 is 0 Å². The second-order valence-corrected chi connectivity index (χ2v) is 3.22. The lowest BCUT2D eigenvalue weighted by molar-refractivity contribution is 1.23. The van der Waals surface area contributed by atoms with Crippen LogP contribution < -0.4 is 0 Å². The van der Waals surface area contributed by atoms with Gasteiger partial charge in [0.1, 0.15) is 5.01 Å². The third-order valence-corrected chi connectivity index (χ3v) is 2.34. The van der Waals surface area contributed by atoms with Gasteiger partial charge in [0, 0.05) is 17.2 Å². The van der Waals surface area contributed by atoms with Gasteiger partial charge in [-0.2, -0.15) is 0 Å². The van der Waals surface area contributed by atoms with Gasteiger partial charge in [-0.25, -0.2) is 4.98 Å². The quantitative estimate of drug-likeness (QED) is 0.669. The van der Waals surface area contributed by atoms with E-state index in [1.54, 1.807) is 6.20 Å². The molecule has 0 radical (unpaired) electrons. The second kappa shape index (κ2) is 3.03. The first kappa shape index (κ1) is 6.31. The molecule has 2 rings (SSSR count). The Kier molecular flexibility index (Phi) is 1.59. The summed E-state index contributed by atoms with van der Waals surface area (Å²) in [5.41, 5.74) is 1.61. The first-order valence-corrected chi connectivity index (χ1v) is 4.44. The number of thiazole rings is 1. The van der Waals surface area contributed by atoms with Gasteiger partial charge in [-0.05, 0) is 19.1 Å². The summed E-state index contributed by atoms with van der Waals surface area (Å²) >= 11 is 1.36. The molecule has 0 atom stereocenters. The van der Waals surface area contributed by atoms with Crippen LogP contribution in [0.2, 0.25) is 0 Å². The van der Waals surface area contributed by atoms with Crippen molar-refractivity contribution in [1.29, 1.82) is 0 Å². The summed E-state index contributed by atoms with van der Waals surface area (Å²) in [4.78, 5) is 8.42. The molecule has 0 spiro atoms. The predicted molar refractivity (Wildman–Crippen MR) is 50.1 cm³/mol. The molecule has 0 bridgehead atoms. The summed E-state index contributed by atoms with van der Waals surface area (Å²) in [5, 5.41) is 1.34. The van der Waals surface area contributed by atoms with Crippen LogP contribution in [0.25, 0.3) is 10.7 Å². The van der Waals surface area contributed by atoms with Crippen LogP contribution in [0.4, 0.5) is 0 Å². The standard InChI is InChI=1S/C9H8N2S/c1-7-6-12-9(11-7)8-4-2-3-5-10-8/h2-6H,1H3/i6D. The molecule has 0 saturated carbocycles. The fourth-order valence-electron chi connectivity index (χ4n) is 0.919. The van der Waals surface area contributed by atoms with Crippen LogP contribution in [-0.2, 0) is 0 Å². The molecule has 2 aromatic rings. The van der Waals surface area contributed by atoms with E-state index in [-0.39, 0.29) is 0 Å². The van der Waals surface area contributed by atoms with Crippen LogP contribution >= 0.6 is 11.3 Å². The van der Waals surface area contributed by atoms with Gasteiger partial charge in [0.05, 0.1) is 7.06 Å². The number of aryl methyl sites for hydroxylation is 1. The molecule has 0 unspecified atom stereocenters. The maximum Gasteiger partial charge on any atom is 0.142 e. The van der Waals surface area contributed by atoms with Crippen LogP contribution in [-0.4, -0.2) is 9.97 Å². The number of hydrogen-bond acceptors (Lipinski definition) is 3. The lowest BCUT2D eigenvalue weighted by Gasteiger charge is -1.91. The summed E-state index contributed by atoms with van der Waals surface area (Å²) < 4.78 is 7.52. The highest BCUT2D eigenvalue weighted by Crippen LogP contribution is 2.20. The van der Waals surface area contributed by atoms with Crippen LogP contribution in [0.15, 0.2) is 29.8 Å². The number of pyridine rings is 1. The van der Waals surface area contributed by atoms with E-state index in [1.165, 1.54) is 11.3 Å². The SMILES string of the molecule is [2H]c1sc(-c2ccccn2)nc1C. The molecule has 12 heavy (non-hydrogen) atoms. The topological polar surface area (TPSA) is 25.8 Å². The average Bonchev–Trinajstić information content (AvgIpc) is 2.49. The summed E-state index contributed by atoms with van der Waals surface area (Å²) in [6.07, 6.45) is 1.73. The maximum absolute atomic E-state index is 7.52. The molecule has 2 nitrogen and oxygen atoms in total. The second-order valence-electron chi connectivity index (χ2n) is 2.42. The highest BCUT2D eigenvalue weighted by molar-refractivity contribution is 7.13. The van der Waals surface area contributed by atoms with Gasteiger partial charge in [-0.3, -0.25) is 4.98 Å². The molecule has 2 aromatic heterocycles. The lowest BCUT2D eigenvalue weighted by Crippen LogP contribution is -1.79. The normalized spacial score (nSPS) is 11.2. The smallest absolute Gasteiger partial charge is 0.142 e. The minimum absolute atomic E-state index is 0.514. The zero-order valence-corrected chi connectivity index (χ0v) is 7.43. The van der Waals surface area contributed by atoms with E-state index in [0.29, 0.717) is 5.36 Å². The summed E-state index contributed by atoms with van der Waals surface area (Å²) in [6, 6.07) is 5.69. The van der Waals surface area contributed by atoms with Gasteiger partial charge in [0.15, 0.2) is 0 Å². The van der Waals surface area contributed by atoms with E-state index in [2.05, 4.69) is 9.97 Å². The minimum Gasteiger partial charge on any atom is -0.254 e. The number of rotatable bonds is 1. The lowest BCUT2D eigenvalue weighted by atomic mass is 10.4. The Labute approximate surface area is 76.3 Å². The number of aromatic nitrogens is 2. The molecule has 2 heterocycles. The Morgan fingerprint density at radius 3 is 3.00 bits per heavy atom. The van der Waals surface area contributed by atoms with Crippen molar-refractivity contribution in [2.24, 2.45) is 0 Å². The molecular weight excluding hydrogens is 168 g/mol. The van der Waals surface area contributed by atoms with E-state index in [4.69, 9.17) is 1.37 Å². The van der Waals surface area contributed by atoms with Crippen LogP contribution in [0.1, 0.15) is 7.06 Å². The minimum atomic E-state index is 0.514. The number of hydrogen-bond donors (Lipinski definition) is 0. The Morgan fingerprint density at radius 1 is 1.50 bits per heavy atom. The van der Waals surface area contributed by atoms with E-state index in [1.807, 2.05) is 25.1 Å². The molecule has 0 aliphatic heterocycles. The summed E-state index contributed by atoms with van der Waals surface area (Å²) in [6.45, 7) is 1.84. The van der Waals surface area contributed by atoms with Crippen molar-refractivity contribution < 1.29 is 1.37 Å². The first-order valence-electron chi connectivity index (χ1n) is 4.13. The maximum atomic E-state index is 7.52. The van der Waals surface area contributed by atoms with Crippen molar-refractivity contribution in [3.8, 4) is 10.7 Å². The van der Waals surface area contributed by atoms with Gasteiger partial charge in [-0.1, -0.05) is 6.07 Å². The molecule has 3 heteroatoms. The third kappa shape index (κ3) is 1.36. The molecule has 0 saturated heterocycles. The van der Waals surface area contributed by atoms with Crippen molar-refractivity contribution in [2.75, 3.05) is 0 Å². The highest BCUT2D eigenvalue weighted by Gasteiger charge is 2.01. The summed E-state index contributed by atoms with van der Waals surface area (Å²) in [7, 11) is 0. The molecule has 60 valence electrons. The third-order valence-electron chi connectivity index (χ3n) is 1.45. The Hall–Kier alpha value is -1.22. The number of nitrogens with zero attached hydrogens (tertiary/aromatic N) is 2. The highest BCUT2D eigenvalue weighted by atomic mass is 32.1. The van der Waals surface area contributed by atoms with Gasteiger partial charge >= 0.3 is 0 Å². The van der Waals surface area contributed by atoms with Crippen LogP contribution in [0, 0.1) is 6.92 Å². The molecule has 0 aromatic carbocycles. The fourth-order valence-corrected chi connectivity index (χ4v) is 1.62. The average molecular weight is 177 g/mol. The van der Waals surface area contributed by atoms with Gasteiger partial charge in [0.25, 0.3) is 0 Å². The first-order chi connectivity index (χ1) is 6.27. The molecular formula is C9H8N2S. The van der Waals surface area contributed by atoms with Crippen LogP contribution in [0.5, 0.6) is 0 Å². The van der Waals surface area contributed by atoms with Crippen molar-refractivity contribution >= 4 is 11.3 Å². The van der Waals surface area contributed by atoms with Crippen molar-refractivity contribution in [3.05, 3.63) is 35.4 Å². The summed E-state index contributed by atoms with van der Waals surface area (Å²) in [5.74, 6) is 0. The fraction of sp³-hybridized carbons (Fsp3) is 0.111. The Bertz CT molecular complexity index is 391.